The predicted molar refractivity (Wildman–Crippen MR) is 76.8 cm³/mol. The zero-order valence-electron chi connectivity index (χ0n) is 11.0. The number of halogens is 2. The SMILES string of the molecule is O=C(/C=C/c1c(F)cccc1Cl)NCC1(CCO)CC1. The van der Waals surface area contributed by atoms with Gasteiger partial charge >= 0.3 is 0 Å². The molecule has 1 fully saturated rings. The number of hydrogen-bond donors (Lipinski definition) is 2. The minimum absolute atomic E-state index is 0.0634. The Balaban J connectivity index is 1.90. The largest absolute Gasteiger partial charge is 0.396 e. The number of aliphatic hydroxyl groups excluding tert-OH is 1. The molecule has 20 heavy (non-hydrogen) atoms. The average molecular weight is 298 g/mol. The second-order valence-electron chi connectivity index (χ2n) is 5.16. The highest BCUT2D eigenvalue weighted by atomic mass is 35.5. The minimum atomic E-state index is -0.458. The van der Waals surface area contributed by atoms with Crippen LogP contribution in [-0.4, -0.2) is 24.2 Å². The second-order valence-corrected chi connectivity index (χ2v) is 5.57. The Morgan fingerprint density at radius 3 is 2.85 bits per heavy atom. The van der Waals surface area contributed by atoms with Gasteiger partial charge in [0.1, 0.15) is 5.82 Å². The summed E-state index contributed by atoms with van der Waals surface area (Å²) >= 11 is 5.86. The molecular weight excluding hydrogens is 281 g/mol. The molecule has 0 radical (unpaired) electrons. The molecule has 0 saturated heterocycles. The highest BCUT2D eigenvalue weighted by Crippen LogP contribution is 2.47. The van der Waals surface area contributed by atoms with Crippen LogP contribution in [0.2, 0.25) is 5.02 Å². The van der Waals surface area contributed by atoms with E-state index in [4.69, 9.17) is 16.7 Å². The smallest absolute Gasteiger partial charge is 0.244 e. The predicted octanol–water partition coefficient (Wildman–Crippen LogP) is 2.77. The lowest BCUT2D eigenvalue weighted by Gasteiger charge is -2.13. The lowest BCUT2D eigenvalue weighted by molar-refractivity contribution is -0.116. The van der Waals surface area contributed by atoms with Gasteiger partial charge in [-0.2, -0.15) is 0 Å². The van der Waals surface area contributed by atoms with Gasteiger partial charge in [0.15, 0.2) is 0 Å². The number of rotatable bonds is 6. The van der Waals surface area contributed by atoms with Crippen LogP contribution in [0.25, 0.3) is 6.08 Å². The second kappa shape index (κ2) is 6.37. The summed E-state index contributed by atoms with van der Waals surface area (Å²) in [6, 6.07) is 4.38. The van der Waals surface area contributed by atoms with Crippen molar-refractivity contribution in [3.05, 3.63) is 40.7 Å². The lowest BCUT2D eigenvalue weighted by atomic mass is 10.0. The summed E-state index contributed by atoms with van der Waals surface area (Å²) in [5.41, 5.74) is 0.272. The molecule has 0 heterocycles. The van der Waals surface area contributed by atoms with Gasteiger partial charge < -0.3 is 10.4 Å². The first-order chi connectivity index (χ1) is 9.56. The van der Waals surface area contributed by atoms with Crippen molar-refractivity contribution in [3.63, 3.8) is 0 Å². The van der Waals surface area contributed by atoms with E-state index in [0.29, 0.717) is 13.0 Å². The fraction of sp³-hybridized carbons (Fsp3) is 0.400. The van der Waals surface area contributed by atoms with Gasteiger partial charge in [0.2, 0.25) is 5.91 Å². The molecular formula is C15H17ClFNO2. The summed E-state index contributed by atoms with van der Waals surface area (Å²) < 4.78 is 13.5. The molecule has 2 rings (SSSR count). The number of amides is 1. The van der Waals surface area contributed by atoms with Crippen LogP contribution >= 0.6 is 11.6 Å². The molecule has 1 aliphatic rings. The molecule has 1 aliphatic carbocycles. The minimum Gasteiger partial charge on any atom is -0.396 e. The normalized spacial score (nSPS) is 16.4. The van der Waals surface area contributed by atoms with E-state index in [1.165, 1.54) is 24.3 Å². The molecule has 0 unspecified atom stereocenters. The maximum absolute atomic E-state index is 13.5. The van der Waals surface area contributed by atoms with E-state index in [0.717, 1.165) is 12.8 Å². The molecule has 3 nitrogen and oxygen atoms in total. The van der Waals surface area contributed by atoms with E-state index in [2.05, 4.69) is 5.32 Å². The maximum Gasteiger partial charge on any atom is 0.244 e. The van der Waals surface area contributed by atoms with E-state index in [1.807, 2.05) is 0 Å². The summed E-state index contributed by atoms with van der Waals surface area (Å²) in [5.74, 6) is -0.742. The van der Waals surface area contributed by atoms with Crippen LogP contribution in [0.15, 0.2) is 24.3 Å². The number of hydrogen-bond acceptors (Lipinski definition) is 2. The summed E-state index contributed by atoms with van der Waals surface area (Å²) in [4.78, 5) is 11.7. The highest BCUT2D eigenvalue weighted by Gasteiger charge is 2.41. The molecule has 108 valence electrons. The van der Waals surface area contributed by atoms with Crippen molar-refractivity contribution in [2.24, 2.45) is 5.41 Å². The molecule has 1 aromatic rings. The van der Waals surface area contributed by atoms with Gasteiger partial charge in [-0.3, -0.25) is 4.79 Å². The molecule has 0 aliphatic heterocycles. The van der Waals surface area contributed by atoms with Gasteiger partial charge in [0, 0.05) is 24.8 Å². The number of carbonyl (C=O) groups is 1. The Bertz CT molecular complexity index is 506. The molecule has 0 aromatic heterocycles. The van der Waals surface area contributed by atoms with E-state index in [1.54, 1.807) is 6.07 Å². The monoisotopic (exact) mass is 297 g/mol. The third kappa shape index (κ3) is 3.81. The van der Waals surface area contributed by atoms with Gasteiger partial charge in [-0.05, 0) is 42.9 Å². The van der Waals surface area contributed by atoms with Crippen molar-refractivity contribution in [1.82, 2.24) is 5.32 Å². The van der Waals surface area contributed by atoms with Crippen LogP contribution < -0.4 is 5.32 Å². The number of nitrogens with one attached hydrogen (secondary N) is 1. The molecule has 0 bridgehead atoms. The Hall–Kier alpha value is -1.39. The Morgan fingerprint density at radius 2 is 2.25 bits per heavy atom. The zero-order valence-corrected chi connectivity index (χ0v) is 11.8. The van der Waals surface area contributed by atoms with E-state index < -0.39 is 5.82 Å². The van der Waals surface area contributed by atoms with Crippen LogP contribution in [0.4, 0.5) is 4.39 Å². The average Bonchev–Trinajstić information content (AvgIpc) is 3.17. The molecule has 1 saturated carbocycles. The van der Waals surface area contributed by atoms with Crippen molar-refractivity contribution in [2.45, 2.75) is 19.3 Å². The summed E-state index contributed by atoms with van der Waals surface area (Å²) in [6.07, 6.45) is 5.40. The van der Waals surface area contributed by atoms with Crippen molar-refractivity contribution in [3.8, 4) is 0 Å². The van der Waals surface area contributed by atoms with Crippen LogP contribution in [0, 0.1) is 11.2 Å². The van der Waals surface area contributed by atoms with E-state index in [-0.39, 0.29) is 28.5 Å². The quantitative estimate of drug-likeness (QED) is 0.793. The molecule has 1 aromatic carbocycles. The third-order valence-corrected chi connectivity index (χ3v) is 3.97. The van der Waals surface area contributed by atoms with Crippen molar-refractivity contribution >= 4 is 23.6 Å². The lowest BCUT2D eigenvalue weighted by Crippen LogP contribution is -2.29. The van der Waals surface area contributed by atoms with Crippen LogP contribution in [0.1, 0.15) is 24.8 Å². The van der Waals surface area contributed by atoms with Gasteiger partial charge in [-0.1, -0.05) is 17.7 Å². The zero-order chi connectivity index (χ0) is 14.6. The van der Waals surface area contributed by atoms with Gasteiger partial charge in [-0.25, -0.2) is 4.39 Å². The number of benzene rings is 1. The first-order valence-corrected chi connectivity index (χ1v) is 6.95. The molecule has 0 atom stereocenters. The third-order valence-electron chi connectivity index (χ3n) is 3.64. The Labute approximate surface area is 122 Å². The van der Waals surface area contributed by atoms with Crippen LogP contribution in [0.5, 0.6) is 0 Å². The topological polar surface area (TPSA) is 49.3 Å². The first kappa shape index (κ1) is 15.0. The molecule has 2 N–H and O–H groups in total. The standard InChI is InChI=1S/C15H17ClFNO2/c16-12-2-1-3-13(17)11(12)4-5-14(20)18-10-15(6-7-15)8-9-19/h1-5,19H,6-10H2,(H,18,20)/b5-4+. The van der Waals surface area contributed by atoms with Crippen LogP contribution in [-0.2, 0) is 4.79 Å². The van der Waals surface area contributed by atoms with Gasteiger partial charge in [0.05, 0.1) is 5.02 Å². The molecule has 0 spiro atoms. The van der Waals surface area contributed by atoms with Crippen LogP contribution in [0.3, 0.4) is 0 Å². The number of carbonyl (C=O) groups excluding carboxylic acids is 1. The van der Waals surface area contributed by atoms with Gasteiger partial charge in [-0.15, -0.1) is 0 Å². The summed E-state index contributed by atoms with van der Waals surface area (Å²) in [6.45, 7) is 0.679. The number of aliphatic hydroxyl groups is 1. The first-order valence-electron chi connectivity index (χ1n) is 6.57. The Morgan fingerprint density at radius 1 is 1.50 bits per heavy atom. The summed E-state index contributed by atoms with van der Waals surface area (Å²) in [7, 11) is 0. The fourth-order valence-electron chi connectivity index (χ4n) is 2.09. The molecule has 5 heteroatoms. The summed E-state index contributed by atoms with van der Waals surface area (Å²) in [5, 5.41) is 12.0. The van der Waals surface area contributed by atoms with Crippen molar-refractivity contribution < 1.29 is 14.3 Å². The van der Waals surface area contributed by atoms with E-state index >= 15 is 0 Å². The Kier molecular flexibility index (Phi) is 4.78. The van der Waals surface area contributed by atoms with E-state index in [9.17, 15) is 9.18 Å². The van der Waals surface area contributed by atoms with Crippen molar-refractivity contribution in [2.75, 3.05) is 13.2 Å². The van der Waals surface area contributed by atoms with Crippen molar-refractivity contribution in [1.29, 1.82) is 0 Å². The highest BCUT2D eigenvalue weighted by molar-refractivity contribution is 6.32. The fourth-order valence-corrected chi connectivity index (χ4v) is 2.32. The van der Waals surface area contributed by atoms with Gasteiger partial charge in [0.25, 0.3) is 0 Å². The molecule has 1 amide bonds. The maximum atomic E-state index is 13.5.